The number of aromatic nitrogens is 5. The molecule has 0 aliphatic carbocycles. The van der Waals surface area contributed by atoms with E-state index in [9.17, 15) is 0 Å². The molecule has 0 bridgehead atoms. The van der Waals surface area contributed by atoms with E-state index >= 15 is 0 Å². The lowest BCUT2D eigenvalue weighted by atomic mass is 10.1. The first-order valence-corrected chi connectivity index (χ1v) is 5.70. The summed E-state index contributed by atoms with van der Waals surface area (Å²) < 4.78 is 3.62. The molecule has 0 aliphatic rings. The van der Waals surface area contributed by atoms with Crippen molar-refractivity contribution in [2.75, 3.05) is 5.73 Å². The fourth-order valence-corrected chi connectivity index (χ4v) is 2.26. The Kier molecular flexibility index (Phi) is 2.13. The summed E-state index contributed by atoms with van der Waals surface area (Å²) in [7, 11) is 1.93. The highest BCUT2D eigenvalue weighted by Crippen LogP contribution is 2.26. The number of hydrogen-bond donors (Lipinski definition) is 1. The van der Waals surface area contributed by atoms with Crippen molar-refractivity contribution in [3.8, 4) is 11.3 Å². The minimum Gasteiger partial charge on any atom is -0.366 e. The molecule has 3 aromatic heterocycles. The highest BCUT2D eigenvalue weighted by atomic mass is 15.3. The van der Waals surface area contributed by atoms with Gasteiger partial charge >= 0.3 is 0 Å². The van der Waals surface area contributed by atoms with Crippen molar-refractivity contribution in [2.24, 2.45) is 7.05 Å². The molecule has 6 nitrogen and oxygen atoms in total. The first kappa shape index (κ1) is 10.8. The van der Waals surface area contributed by atoms with Crippen LogP contribution in [0.3, 0.4) is 0 Å². The maximum Gasteiger partial charge on any atom is 0.240 e. The second-order valence-electron chi connectivity index (χ2n) is 4.32. The molecule has 0 saturated carbocycles. The van der Waals surface area contributed by atoms with E-state index in [0.29, 0.717) is 0 Å². The SMILES string of the molecule is Cc1nn(C)c(C)c1-c1cccc2nc(N)nn12. The standard InChI is InChI=1S/C12H14N6/c1-7-11(8(2)17(3)15-7)9-5-4-6-10-14-12(13)16-18(9)10/h4-6H,1-3H3,(H2,13,16). The van der Waals surface area contributed by atoms with E-state index in [1.165, 1.54) is 0 Å². The van der Waals surface area contributed by atoms with Gasteiger partial charge in [0.05, 0.1) is 11.4 Å². The Morgan fingerprint density at radius 3 is 2.61 bits per heavy atom. The molecule has 0 fully saturated rings. The molecule has 0 radical (unpaired) electrons. The maximum atomic E-state index is 5.65. The Morgan fingerprint density at radius 2 is 1.94 bits per heavy atom. The lowest BCUT2D eigenvalue weighted by Crippen LogP contribution is -1.97. The molecule has 0 atom stereocenters. The number of aryl methyl sites for hydroxylation is 2. The molecule has 3 heterocycles. The molecule has 92 valence electrons. The Labute approximate surface area is 104 Å². The van der Waals surface area contributed by atoms with E-state index in [0.717, 1.165) is 28.3 Å². The number of pyridine rings is 1. The quantitative estimate of drug-likeness (QED) is 0.698. The van der Waals surface area contributed by atoms with Crippen molar-refractivity contribution in [2.45, 2.75) is 13.8 Å². The van der Waals surface area contributed by atoms with Gasteiger partial charge in [-0.15, -0.1) is 5.10 Å². The fourth-order valence-electron chi connectivity index (χ4n) is 2.26. The van der Waals surface area contributed by atoms with Crippen LogP contribution in [0.5, 0.6) is 0 Å². The van der Waals surface area contributed by atoms with Crippen LogP contribution in [0.2, 0.25) is 0 Å². The zero-order chi connectivity index (χ0) is 12.9. The number of rotatable bonds is 1. The Morgan fingerprint density at radius 1 is 1.17 bits per heavy atom. The molecular formula is C12H14N6. The lowest BCUT2D eigenvalue weighted by Gasteiger charge is -2.04. The summed E-state index contributed by atoms with van der Waals surface area (Å²) in [5, 5.41) is 8.65. The van der Waals surface area contributed by atoms with E-state index in [-0.39, 0.29) is 5.95 Å². The first-order valence-electron chi connectivity index (χ1n) is 5.70. The molecular weight excluding hydrogens is 228 g/mol. The molecule has 2 N–H and O–H groups in total. The number of fused-ring (bicyclic) bond motifs is 1. The van der Waals surface area contributed by atoms with Crippen molar-refractivity contribution in [3.63, 3.8) is 0 Å². The highest BCUT2D eigenvalue weighted by Gasteiger charge is 2.15. The molecule has 18 heavy (non-hydrogen) atoms. The van der Waals surface area contributed by atoms with Gasteiger partial charge < -0.3 is 5.73 Å². The van der Waals surface area contributed by atoms with Crippen LogP contribution >= 0.6 is 0 Å². The predicted molar refractivity (Wildman–Crippen MR) is 69.1 cm³/mol. The summed E-state index contributed by atoms with van der Waals surface area (Å²) in [6.07, 6.45) is 0. The summed E-state index contributed by atoms with van der Waals surface area (Å²) in [5.41, 5.74) is 10.5. The molecule has 0 aliphatic heterocycles. The number of nitrogens with zero attached hydrogens (tertiary/aromatic N) is 5. The van der Waals surface area contributed by atoms with Gasteiger partial charge in [0.1, 0.15) is 0 Å². The van der Waals surface area contributed by atoms with Gasteiger partial charge in [-0.1, -0.05) is 6.07 Å². The molecule has 6 heteroatoms. The van der Waals surface area contributed by atoms with Crippen LogP contribution in [0.15, 0.2) is 18.2 Å². The van der Waals surface area contributed by atoms with Crippen molar-refractivity contribution >= 4 is 11.6 Å². The van der Waals surface area contributed by atoms with Crippen molar-refractivity contribution in [3.05, 3.63) is 29.6 Å². The van der Waals surface area contributed by atoms with Crippen LogP contribution < -0.4 is 5.73 Å². The fraction of sp³-hybridized carbons (Fsp3) is 0.250. The summed E-state index contributed by atoms with van der Waals surface area (Å²) in [6, 6.07) is 5.83. The summed E-state index contributed by atoms with van der Waals surface area (Å²) in [6.45, 7) is 4.02. The first-order chi connectivity index (χ1) is 8.58. The normalized spacial score (nSPS) is 11.3. The summed E-state index contributed by atoms with van der Waals surface area (Å²) >= 11 is 0. The molecule has 0 spiro atoms. The molecule has 0 aromatic carbocycles. The topological polar surface area (TPSA) is 74.0 Å². The molecule has 0 unspecified atom stereocenters. The molecule has 3 rings (SSSR count). The van der Waals surface area contributed by atoms with Gasteiger partial charge in [0.25, 0.3) is 0 Å². The van der Waals surface area contributed by atoms with Crippen LogP contribution in [0, 0.1) is 13.8 Å². The zero-order valence-electron chi connectivity index (χ0n) is 10.5. The van der Waals surface area contributed by atoms with Crippen LogP contribution in [-0.2, 0) is 7.05 Å². The Bertz CT molecular complexity index is 736. The van der Waals surface area contributed by atoms with E-state index in [2.05, 4.69) is 15.2 Å². The van der Waals surface area contributed by atoms with Gasteiger partial charge in [-0.3, -0.25) is 4.68 Å². The smallest absolute Gasteiger partial charge is 0.240 e. The molecule has 0 saturated heterocycles. The zero-order valence-corrected chi connectivity index (χ0v) is 10.5. The largest absolute Gasteiger partial charge is 0.366 e. The van der Waals surface area contributed by atoms with Crippen LogP contribution in [0.25, 0.3) is 16.9 Å². The number of anilines is 1. The number of hydrogen-bond acceptors (Lipinski definition) is 4. The second-order valence-corrected chi connectivity index (χ2v) is 4.32. The van der Waals surface area contributed by atoms with Gasteiger partial charge in [0.2, 0.25) is 5.95 Å². The average molecular weight is 242 g/mol. The monoisotopic (exact) mass is 242 g/mol. The molecule has 3 aromatic rings. The third kappa shape index (κ3) is 1.38. The lowest BCUT2D eigenvalue weighted by molar-refractivity contribution is 0.731. The summed E-state index contributed by atoms with van der Waals surface area (Å²) in [4.78, 5) is 4.17. The van der Waals surface area contributed by atoms with E-state index < -0.39 is 0 Å². The van der Waals surface area contributed by atoms with E-state index in [4.69, 9.17) is 5.73 Å². The minimum absolute atomic E-state index is 0.279. The Balaban J connectivity index is 2.38. The van der Waals surface area contributed by atoms with Crippen molar-refractivity contribution in [1.82, 2.24) is 24.4 Å². The highest BCUT2D eigenvalue weighted by molar-refractivity contribution is 5.68. The number of nitrogens with two attached hydrogens (primary N) is 1. The van der Waals surface area contributed by atoms with Gasteiger partial charge in [-0.05, 0) is 26.0 Å². The minimum atomic E-state index is 0.279. The number of nitrogen functional groups attached to an aromatic ring is 1. The van der Waals surface area contributed by atoms with E-state index in [1.54, 1.807) is 4.52 Å². The maximum absolute atomic E-state index is 5.65. The van der Waals surface area contributed by atoms with Crippen LogP contribution in [0.1, 0.15) is 11.4 Å². The summed E-state index contributed by atoms with van der Waals surface area (Å²) in [5.74, 6) is 0.279. The Hall–Kier alpha value is -2.37. The van der Waals surface area contributed by atoms with Crippen molar-refractivity contribution < 1.29 is 0 Å². The van der Waals surface area contributed by atoms with Gasteiger partial charge in [-0.2, -0.15) is 10.1 Å². The van der Waals surface area contributed by atoms with Gasteiger partial charge in [-0.25, -0.2) is 4.52 Å². The van der Waals surface area contributed by atoms with Crippen LogP contribution in [-0.4, -0.2) is 24.4 Å². The predicted octanol–water partition coefficient (Wildman–Crippen LogP) is 1.33. The van der Waals surface area contributed by atoms with Gasteiger partial charge in [0.15, 0.2) is 5.65 Å². The third-order valence-corrected chi connectivity index (χ3v) is 3.14. The average Bonchev–Trinajstić information content (AvgIpc) is 2.80. The molecule has 0 amide bonds. The van der Waals surface area contributed by atoms with Crippen LogP contribution in [0.4, 0.5) is 5.95 Å². The van der Waals surface area contributed by atoms with Gasteiger partial charge in [0, 0.05) is 18.3 Å². The second kappa shape index (κ2) is 3.56. The third-order valence-electron chi connectivity index (χ3n) is 3.14. The van der Waals surface area contributed by atoms with Crippen molar-refractivity contribution in [1.29, 1.82) is 0 Å². The van der Waals surface area contributed by atoms with E-state index in [1.807, 2.05) is 43.8 Å².